The van der Waals surface area contributed by atoms with E-state index in [-0.39, 0.29) is 18.6 Å². The van der Waals surface area contributed by atoms with E-state index in [9.17, 15) is 4.79 Å². The van der Waals surface area contributed by atoms with E-state index in [0.29, 0.717) is 11.7 Å². The van der Waals surface area contributed by atoms with Gasteiger partial charge in [-0.15, -0.1) is 0 Å². The third-order valence-electron chi connectivity index (χ3n) is 4.27. The summed E-state index contributed by atoms with van der Waals surface area (Å²) in [5.41, 5.74) is 3.33. The average molecular weight is 467 g/mol. The lowest BCUT2D eigenvalue weighted by Crippen LogP contribution is -2.31. The maximum Gasteiger partial charge on any atom is 0.258 e. The Morgan fingerprint density at radius 1 is 1.12 bits per heavy atom. The number of methoxy groups -OCH3 is 1. The molecule has 0 unspecified atom stereocenters. The van der Waals surface area contributed by atoms with Crippen LogP contribution in [0.2, 0.25) is 0 Å². The first kappa shape index (κ1) is 20.6. The first-order valence-corrected chi connectivity index (χ1v) is 9.75. The SMILES string of the molecule is COc1cc(C)c([C@@H](C)NC(=O)COc2ccc(I)cc2)cc1C(C)C. The van der Waals surface area contributed by atoms with Gasteiger partial charge < -0.3 is 14.8 Å². The van der Waals surface area contributed by atoms with Crippen LogP contribution in [-0.2, 0) is 4.79 Å². The van der Waals surface area contributed by atoms with Crippen LogP contribution in [0.5, 0.6) is 11.5 Å². The molecule has 0 radical (unpaired) electrons. The van der Waals surface area contributed by atoms with Crippen molar-refractivity contribution in [3.05, 3.63) is 56.7 Å². The van der Waals surface area contributed by atoms with Crippen molar-refractivity contribution in [3.8, 4) is 11.5 Å². The van der Waals surface area contributed by atoms with Gasteiger partial charge in [0.1, 0.15) is 11.5 Å². The number of carbonyl (C=O) groups is 1. The van der Waals surface area contributed by atoms with Crippen LogP contribution in [0, 0.1) is 10.5 Å². The van der Waals surface area contributed by atoms with E-state index >= 15 is 0 Å². The van der Waals surface area contributed by atoms with Crippen LogP contribution in [0.1, 0.15) is 49.4 Å². The molecule has 0 aliphatic carbocycles. The van der Waals surface area contributed by atoms with Gasteiger partial charge in [-0.1, -0.05) is 13.8 Å². The molecule has 0 saturated heterocycles. The Kier molecular flexibility index (Phi) is 7.32. The molecular formula is C21H26INO3. The molecule has 2 aromatic carbocycles. The molecule has 0 bridgehead atoms. The van der Waals surface area contributed by atoms with E-state index in [4.69, 9.17) is 9.47 Å². The number of halogens is 1. The number of benzene rings is 2. The predicted octanol–water partition coefficient (Wildman–Crippen LogP) is 4.99. The van der Waals surface area contributed by atoms with Crippen LogP contribution in [0.4, 0.5) is 0 Å². The maximum atomic E-state index is 12.3. The molecule has 1 amide bonds. The van der Waals surface area contributed by atoms with E-state index in [1.807, 2.05) is 44.2 Å². The van der Waals surface area contributed by atoms with E-state index in [1.54, 1.807) is 7.11 Å². The highest BCUT2D eigenvalue weighted by molar-refractivity contribution is 14.1. The molecule has 4 nitrogen and oxygen atoms in total. The molecule has 1 atom stereocenters. The molecule has 26 heavy (non-hydrogen) atoms. The maximum absolute atomic E-state index is 12.3. The summed E-state index contributed by atoms with van der Waals surface area (Å²) in [5.74, 6) is 1.78. The Morgan fingerprint density at radius 3 is 2.35 bits per heavy atom. The molecular weight excluding hydrogens is 441 g/mol. The lowest BCUT2D eigenvalue weighted by molar-refractivity contribution is -0.123. The highest BCUT2D eigenvalue weighted by Crippen LogP contribution is 2.32. The lowest BCUT2D eigenvalue weighted by atomic mass is 9.93. The van der Waals surface area contributed by atoms with E-state index < -0.39 is 0 Å². The van der Waals surface area contributed by atoms with Crippen molar-refractivity contribution in [3.63, 3.8) is 0 Å². The Morgan fingerprint density at radius 2 is 1.77 bits per heavy atom. The van der Waals surface area contributed by atoms with E-state index in [1.165, 1.54) is 0 Å². The van der Waals surface area contributed by atoms with E-state index in [2.05, 4.69) is 47.8 Å². The first-order valence-electron chi connectivity index (χ1n) is 8.68. The summed E-state index contributed by atoms with van der Waals surface area (Å²) in [6, 6.07) is 11.7. The van der Waals surface area contributed by atoms with Crippen LogP contribution in [-0.4, -0.2) is 19.6 Å². The zero-order chi connectivity index (χ0) is 19.3. The quantitative estimate of drug-likeness (QED) is 0.584. The van der Waals surface area contributed by atoms with Gasteiger partial charge in [-0.3, -0.25) is 4.79 Å². The number of hydrogen-bond acceptors (Lipinski definition) is 3. The van der Waals surface area contributed by atoms with Gasteiger partial charge in [-0.05, 0) is 95.4 Å². The summed E-state index contributed by atoms with van der Waals surface area (Å²) in [5, 5.41) is 3.02. The minimum absolute atomic E-state index is 0.00281. The molecule has 140 valence electrons. The third kappa shape index (κ3) is 5.37. The molecule has 0 aliphatic rings. The summed E-state index contributed by atoms with van der Waals surface area (Å²) in [6.45, 7) is 8.29. The third-order valence-corrected chi connectivity index (χ3v) is 4.99. The van der Waals surface area contributed by atoms with Crippen LogP contribution in [0.15, 0.2) is 36.4 Å². The fourth-order valence-electron chi connectivity index (χ4n) is 2.85. The van der Waals surface area contributed by atoms with Crippen molar-refractivity contribution in [2.45, 2.75) is 39.7 Å². The van der Waals surface area contributed by atoms with Gasteiger partial charge >= 0.3 is 0 Å². The number of hydrogen-bond donors (Lipinski definition) is 1. The standard InChI is InChI=1S/C21H26INO3/c1-13(2)18-11-19(14(3)10-20(18)25-5)15(4)23-21(24)12-26-17-8-6-16(22)7-9-17/h6-11,13,15H,12H2,1-5H3,(H,23,24)/t15-/m1/s1. The second-order valence-electron chi connectivity index (χ2n) is 6.64. The molecule has 1 N–H and O–H groups in total. The fourth-order valence-corrected chi connectivity index (χ4v) is 3.21. The van der Waals surface area contributed by atoms with Crippen molar-refractivity contribution in [1.82, 2.24) is 5.32 Å². The van der Waals surface area contributed by atoms with Crippen molar-refractivity contribution < 1.29 is 14.3 Å². The number of carbonyl (C=O) groups excluding carboxylic acids is 1. The number of nitrogens with one attached hydrogen (secondary N) is 1. The van der Waals surface area contributed by atoms with E-state index in [0.717, 1.165) is 26.0 Å². The topological polar surface area (TPSA) is 47.6 Å². The second-order valence-corrected chi connectivity index (χ2v) is 7.88. The molecule has 0 heterocycles. The molecule has 2 aromatic rings. The Labute approximate surface area is 169 Å². The van der Waals surface area contributed by atoms with Crippen LogP contribution < -0.4 is 14.8 Å². The second kappa shape index (κ2) is 9.26. The fraction of sp³-hybridized carbons (Fsp3) is 0.381. The molecule has 0 aromatic heterocycles. The first-order chi connectivity index (χ1) is 12.3. The van der Waals surface area contributed by atoms with Gasteiger partial charge in [0.25, 0.3) is 5.91 Å². The number of rotatable bonds is 7. The largest absolute Gasteiger partial charge is 0.496 e. The van der Waals surface area contributed by atoms with Gasteiger partial charge in [0.15, 0.2) is 6.61 Å². The zero-order valence-electron chi connectivity index (χ0n) is 15.9. The number of ether oxygens (including phenoxy) is 2. The van der Waals surface area contributed by atoms with Crippen molar-refractivity contribution in [1.29, 1.82) is 0 Å². The molecule has 0 saturated carbocycles. The van der Waals surface area contributed by atoms with Gasteiger partial charge in [0, 0.05) is 3.57 Å². The van der Waals surface area contributed by atoms with Gasteiger partial charge in [-0.2, -0.15) is 0 Å². The van der Waals surface area contributed by atoms with Crippen LogP contribution >= 0.6 is 22.6 Å². The summed E-state index contributed by atoms with van der Waals surface area (Å²) in [7, 11) is 1.69. The molecule has 0 aliphatic heterocycles. The molecule has 2 rings (SSSR count). The van der Waals surface area contributed by atoms with Crippen LogP contribution in [0.25, 0.3) is 0 Å². The molecule has 0 spiro atoms. The van der Waals surface area contributed by atoms with Crippen molar-refractivity contribution in [2.75, 3.05) is 13.7 Å². The number of amides is 1. The highest BCUT2D eigenvalue weighted by atomic mass is 127. The number of aryl methyl sites for hydroxylation is 1. The monoisotopic (exact) mass is 467 g/mol. The van der Waals surface area contributed by atoms with Gasteiger partial charge in [-0.25, -0.2) is 0 Å². The predicted molar refractivity (Wildman–Crippen MR) is 113 cm³/mol. The Balaban J connectivity index is 2.04. The van der Waals surface area contributed by atoms with Crippen molar-refractivity contribution >= 4 is 28.5 Å². The summed E-state index contributed by atoms with van der Waals surface area (Å²) in [6.07, 6.45) is 0. The highest BCUT2D eigenvalue weighted by Gasteiger charge is 2.17. The Hall–Kier alpha value is -1.76. The zero-order valence-corrected chi connectivity index (χ0v) is 18.1. The summed E-state index contributed by atoms with van der Waals surface area (Å²) < 4.78 is 12.2. The van der Waals surface area contributed by atoms with Gasteiger partial charge in [0.2, 0.25) is 0 Å². The average Bonchev–Trinajstić information content (AvgIpc) is 2.60. The minimum Gasteiger partial charge on any atom is -0.496 e. The normalized spacial score (nSPS) is 12.0. The smallest absolute Gasteiger partial charge is 0.258 e. The minimum atomic E-state index is -0.141. The molecule has 5 heteroatoms. The molecule has 0 fully saturated rings. The summed E-state index contributed by atoms with van der Waals surface area (Å²) >= 11 is 2.23. The summed E-state index contributed by atoms with van der Waals surface area (Å²) in [4.78, 5) is 12.3. The van der Waals surface area contributed by atoms with Crippen LogP contribution in [0.3, 0.4) is 0 Å². The lowest BCUT2D eigenvalue weighted by Gasteiger charge is -2.21. The Bertz CT molecular complexity index is 757. The van der Waals surface area contributed by atoms with Gasteiger partial charge in [0.05, 0.1) is 13.2 Å². The van der Waals surface area contributed by atoms with Crippen molar-refractivity contribution in [2.24, 2.45) is 0 Å².